The van der Waals surface area contributed by atoms with Gasteiger partial charge in [0.25, 0.3) is 0 Å². The third kappa shape index (κ3) is 6.13. The highest BCUT2D eigenvalue weighted by atomic mass is 35.5. The van der Waals surface area contributed by atoms with Crippen LogP contribution in [-0.4, -0.2) is 24.2 Å². The summed E-state index contributed by atoms with van der Waals surface area (Å²) in [6.45, 7) is 0. The lowest BCUT2D eigenvalue weighted by Crippen LogP contribution is -1.75. The highest BCUT2D eigenvalue weighted by molar-refractivity contribution is 7.40. The van der Waals surface area contributed by atoms with Crippen molar-refractivity contribution in [1.82, 2.24) is 0 Å². The summed E-state index contributed by atoms with van der Waals surface area (Å²) in [6.07, 6.45) is 0. The first-order valence-corrected chi connectivity index (χ1v) is 5.13. The van der Waals surface area contributed by atoms with Gasteiger partial charge in [0.2, 0.25) is 0 Å². The van der Waals surface area contributed by atoms with Gasteiger partial charge in [0, 0.05) is 14.2 Å². The largest absolute Gasteiger partial charge is 0.506 e. The van der Waals surface area contributed by atoms with Crippen LogP contribution < -0.4 is 0 Å². The fourth-order valence-corrected chi connectivity index (χ4v) is 0.811. The minimum atomic E-state index is -1.58. The van der Waals surface area contributed by atoms with Crippen LogP contribution >= 0.6 is 20.2 Å². The van der Waals surface area contributed by atoms with E-state index in [1.807, 2.05) is 0 Å². The molecule has 0 amide bonds. The van der Waals surface area contributed by atoms with E-state index in [1.165, 1.54) is 14.2 Å². The van der Waals surface area contributed by atoms with Crippen LogP contribution in [0.25, 0.3) is 0 Å². The van der Waals surface area contributed by atoms with Crippen molar-refractivity contribution in [3.05, 3.63) is 29.3 Å². The second-order valence-corrected chi connectivity index (χ2v) is 3.67. The standard InChI is InChI=1S/C6H5ClO.C2H7O3P/c7-5-3-1-2-4-6(5)8;1-4-6(3)5-2/h1-4,8H;3H,1-2H3. The Morgan fingerprint density at radius 1 is 1.21 bits per heavy atom. The highest BCUT2D eigenvalue weighted by Gasteiger charge is 1.94. The first-order valence-electron chi connectivity index (χ1n) is 3.62. The Morgan fingerprint density at radius 3 is 1.93 bits per heavy atom. The SMILES string of the molecule is COP(O)OC.Oc1ccccc1Cl. The zero-order valence-electron chi connectivity index (χ0n) is 7.85. The van der Waals surface area contributed by atoms with Gasteiger partial charge in [-0.1, -0.05) is 23.7 Å². The first kappa shape index (κ1) is 13.6. The van der Waals surface area contributed by atoms with Crippen LogP contribution in [0.1, 0.15) is 0 Å². The van der Waals surface area contributed by atoms with Crippen molar-refractivity contribution in [1.29, 1.82) is 0 Å². The third-order valence-corrected chi connectivity index (χ3v) is 2.11. The molecule has 0 unspecified atom stereocenters. The summed E-state index contributed by atoms with van der Waals surface area (Å²) < 4.78 is 8.59. The molecule has 0 aliphatic heterocycles. The van der Waals surface area contributed by atoms with Gasteiger partial charge in [0.15, 0.2) is 0 Å². The molecule has 14 heavy (non-hydrogen) atoms. The molecule has 0 aliphatic rings. The van der Waals surface area contributed by atoms with Crippen LogP contribution in [0.5, 0.6) is 5.75 Å². The van der Waals surface area contributed by atoms with Gasteiger partial charge < -0.3 is 19.0 Å². The molecule has 0 fully saturated rings. The molecule has 0 spiro atoms. The lowest BCUT2D eigenvalue weighted by Gasteiger charge is -1.98. The normalized spacial score (nSPS) is 9.50. The van der Waals surface area contributed by atoms with Gasteiger partial charge in [0.1, 0.15) is 5.75 Å². The monoisotopic (exact) mass is 238 g/mol. The second kappa shape index (κ2) is 7.97. The molecule has 1 rings (SSSR count). The molecule has 0 atom stereocenters. The van der Waals surface area contributed by atoms with E-state index in [2.05, 4.69) is 9.05 Å². The van der Waals surface area contributed by atoms with E-state index in [-0.39, 0.29) is 5.75 Å². The summed E-state index contributed by atoms with van der Waals surface area (Å²) in [5.74, 6) is 0.133. The lowest BCUT2D eigenvalue weighted by molar-refractivity contribution is 0.271. The van der Waals surface area contributed by atoms with Crippen molar-refractivity contribution < 1.29 is 19.0 Å². The summed E-state index contributed by atoms with van der Waals surface area (Å²) in [5, 5.41) is 9.18. The van der Waals surface area contributed by atoms with Crippen LogP contribution in [0.15, 0.2) is 24.3 Å². The van der Waals surface area contributed by atoms with E-state index in [0.717, 1.165) is 0 Å². The fraction of sp³-hybridized carbons (Fsp3) is 0.250. The maximum atomic E-state index is 8.79. The smallest absolute Gasteiger partial charge is 0.329 e. The lowest BCUT2D eigenvalue weighted by atomic mass is 10.3. The molecule has 0 heterocycles. The van der Waals surface area contributed by atoms with Crippen LogP contribution in [0.2, 0.25) is 5.02 Å². The van der Waals surface area contributed by atoms with Crippen molar-refractivity contribution in [2.24, 2.45) is 0 Å². The number of aromatic hydroxyl groups is 1. The number of phenolic OH excluding ortho intramolecular Hbond substituents is 1. The molecule has 0 saturated heterocycles. The van der Waals surface area contributed by atoms with Crippen LogP contribution in [0.4, 0.5) is 0 Å². The molecule has 80 valence electrons. The number of phenols is 1. The molecular formula is C8H12ClO4P. The molecule has 4 nitrogen and oxygen atoms in total. The topological polar surface area (TPSA) is 58.9 Å². The highest BCUT2D eigenvalue weighted by Crippen LogP contribution is 2.28. The molecular weight excluding hydrogens is 227 g/mol. The van der Waals surface area contributed by atoms with Crippen molar-refractivity contribution in [2.45, 2.75) is 0 Å². The quantitative estimate of drug-likeness (QED) is 0.778. The molecule has 0 radical (unpaired) electrons. The summed E-state index contributed by atoms with van der Waals surface area (Å²) >= 11 is 5.46. The van der Waals surface area contributed by atoms with E-state index in [4.69, 9.17) is 21.6 Å². The fourth-order valence-electron chi connectivity index (χ4n) is 0.526. The summed E-state index contributed by atoms with van der Waals surface area (Å²) in [6, 6.07) is 6.67. The Morgan fingerprint density at radius 2 is 1.71 bits per heavy atom. The number of para-hydroxylation sites is 1. The number of hydrogen-bond donors (Lipinski definition) is 2. The average molecular weight is 239 g/mol. The first-order chi connectivity index (χ1) is 6.61. The van der Waals surface area contributed by atoms with E-state index in [9.17, 15) is 0 Å². The Labute approximate surface area is 89.0 Å². The number of rotatable bonds is 2. The van der Waals surface area contributed by atoms with E-state index in [0.29, 0.717) is 5.02 Å². The molecule has 1 aromatic rings. The summed E-state index contributed by atoms with van der Waals surface area (Å²) in [5.41, 5.74) is 0. The Bertz CT molecular complexity index is 234. The Kier molecular flexibility index (Phi) is 7.76. The zero-order chi connectivity index (χ0) is 11.0. The minimum absolute atomic E-state index is 0.133. The average Bonchev–Trinajstić information content (AvgIpc) is 2.22. The number of halogens is 1. The third-order valence-electron chi connectivity index (χ3n) is 1.16. The van der Waals surface area contributed by atoms with Crippen molar-refractivity contribution >= 4 is 20.2 Å². The van der Waals surface area contributed by atoms with E-state index < -0.39 is 8.60 Å². The number of benzene rings is 1. The van der Waals surface area contributed by atoms with Gasteiger partial charge in [-0.2, -0.15) is 0 Å². The maximum absolute atomic E-state index is 8.79. The molecule has 2 N–H and O–H groups in total. The molecule has 6 heteroatoms. The predicted molar refractivity (Wildman–Crippen MR) is 56.3 cm³/mol. The zero-order valence-corrected chi connectivity index (χ0v) is 9.50. The van der Waals surface area contributed by atoms with Crippen molar-refractivity contribution in [3.63, 3.8) is 0 Å². The van der Waals surface area contributed by atoms with Gasteiger partial charge in [-0.05, 0) is 12.1 Å². The predicted octanol–water partition coefficient (Wildman–Crippen LogP) is 2.54. The van der Waals surface area contributed by atoms with Crippen LogP contribution in [0.3, 0.4) is 0 Å². The van der Waals surface area contributed by atoms with Crippen LogP contribution in [0, 0.1) is 0 Å². The minimum Gasteiger partial charge on any atom is -0.506 e. The Balaban J connectivity index is 0.000000255. The molecule has 0 saturated carbocycles. The van der Waals surface area contributed by atoms with Crippen molar-refractivity contribution in [3.8, 4) is 5.75 Å². The Hall–Kier alpha value is -0.380. The van der Waals surface area contributed by atoms with Crippen LogP contribution in [-0.2, 0) is 9.05 Å². The second-order valence-electron chi connectivity index (χ2n) is 2.05. The van der Waals surface area contributed by atoms with E-state index in [1.54, 1.807) is 24.3 Å². The van der Waals surface area contributed by atoms with Gasteiger partial charge >= 0.3 is 8.60 Å². The molecule has 0 aliphatic carbocycles. The van der Waals surface area contributed by atoms with Gasteiger partial charge in [-0.15, -0.1) is 0 Å². The van der Waals surface area contributed by atoms with Gasteiger partial charge in [-0.3, -0.25) is 0 Å². The van der Waals surface area contributed by atoms with Crippen molar-refractivity contribution in [2.75, 3.05) is 14.2 Å². The molecule has 1 aromatic carbocycles. The maximum Gasteiger partial charge on any atom is 0.329 e. The number of hydrogen-bond acceptors (Lipinski definition) is 4. The summed E-state index contributed by atoms with van der Waals surface area (Å²) in [4.78, 5) is 8.29. The molecule has 0 bridgehead atoms. The van der Waals surface area contributed by atoms with Gasteiger partial charge in [-0.25, -0.2) is 0 Å². The van der Waals surface area contributed by atoms with E-state index >= 15 is 0 Å². The van der Waals surface area contributed by atoms with Gasteiger partial charge in [0.05, 0.1) is 5.02 Å². The summed E-state index contributed by atoms with van der Waals surface area (Å²) in [7, 11) is 1.19. The molecule has 0 aromatic heterocycles.